The van der Waals surface area contributed by atoms with Crippen molar-refractivity contribution in [1.82, 2.24) is 3.64 Å². The first-order valence-electron chi connectivity index (χ1n) is 6.09. The molecule has 1 nitrogen and oxygen atoms in total. The van der Waals surface area contributed by atoms with Crippen LogP contribution in [0, 0.1) is 5.41 Å². The predicted molar refractivity (Wildman–Crippen MR) is 89.5 cm³/mol. The Bertz CT molecular complexity index is 270. The third-order valence-corrected chi connectivity index (χ3v) is 14.0. The number of allylic oxidation sites excluding steroid dienone is 1. The first kappa shape index (κ1) is 17.8. The number of hydrogen-bond donors (Lipinski definition) is 0. The minimum absolute atomic E-state index is 0.129. The van der Waals surface area contributed by atoms with Crippen LogP contribution in [-0.2, 0) is 0 Å². The first-order valence-corrected chi connectivity index (χ1v) is 14.2. The van der Waals surface area contributed by atoms with Crippen molar-refractivity contribution in [1.29, 1.82) is 0 Å². The molecule has 0 aliphatic rings. The highest BCUT2D eigenvalue weighted by Crippen LogP contribution is 2.41. The summed E-state index contributed by atoms with van der Waals surface area (Å²) in [7, 11) is -2.64. The molecule has 0 aromatic heterocycles. The molecule has 0 aliphatic heterocycles. The van der Waals surface area contributed by atoms with Gasteiger partial charge in [0.25, 0.3) is 0 Å². The molecule has 0 bridgehead atoms. The molecule has 0 saturated heterocycles. The van der Waals surface area contributed by atoms with Crippen LogP contribution in [0.25, 0.3) is 0 Å². The molecule has 0 unspecified atom stereocenters. The Hall–Kier alpha value is 0.774. The lowest BCUT2D eigenvalue weighted by atomic mass is 9.97. The van der Waals surface area contributed by atoms with Gasteiger partial charge < -0.3 is 0 Å². The van der Waals surface area contributed by atoms with E-state index >= 15 is 0 Å². The molecule has 0 amide bonds. The predicted octanol–water partition coefficient (Wildman–Crippen LogP) is 5.73. The fourth-order valence-corrected chi connectivity index (χ4v) is 13.5. The monoisotopic (exact) mass is 309 g/mol. The molecule has 0 spiro atoms. The molecule has 0 aromatic carbocycles. The van der Waals surface area contributed by atoms with E-state index in [-0.39, 0.29) is 5.41 Å². The van der Waals surface area contributed by atoms with Crippen LogP contribution >= 0.6 is 23.5 Å². The van der Waals surface area contributed by atoms with E-state index in [2.05, 4.69) is 63.7 Å². The summed E-state index contributed by atoms with van der Waals surface area (Å²) < 4.78 is 2.69. The Morgan fingerprint density at radius 3 is 1.53 bits per heavy atom. The summed E-state index contributed by atoms with van der Waals surface area (Å²) in [5.41, 5.74) is 1.89. The summed E-state index contributed by atoms with van der Waals surface area (Å²) in [6, 6.07) is 0. The Kier molecular flexibility index (Phi) is 6.09. The van der Waals surface area contributed by atoms with Crippen LogP contribution in [0.2, 0.25) is 39.3 Å². The molecule has 0 heterocycles. The minimum Gasteiger partial charge on any atom is -0.289 e. The van der Waals surface area contributed by atoms with Crippen molar-refractivity contribution >= 4 is 40.0 Å². The second-order valence-corrected chi connectivity index (χ2v) is 19.3. The maximum Gasteiger partial charge on any atom is 0.123 e. The van der Waals surface area contributed by atoms with Crippen LogP contribution in [0.4, 0.5) is 0 Å². The second kappa shape index (κ2) is 5.82. The van der Waals surface area contributed by atoms with E-state index in [1.54, 1.807) is 5.54 Å². The van der Waals surface area contributed by atoms with Crippen molar-refractivity contribution in [3.05, 3.63) is 10.4 Å². The average Bonchev–Trinajstić information content (AvgIpc) is 1.97. The van der Waals surface area contributed by atoms with Gasteiger partial charge in [0.15, 0.2) is 0 Å². The number of rotatable bonds is 4. The zero-order valence-electron chi connectivity index (χ0n) is 12.8. The minimum atomic E-state index is -1.32. The fourth-order valence-electron chi connectivity index (χ4n) is 1.70. The lowest BCUT2D eigenvalue weighted by Crippen LogP contribution is -2.55. The quantitative estimate of drug-likeness (QED) is 0.481. The Balaban J connectivity index is 5.16. The van der Waals surface area contributed by atoms with Crippen molar-refractivity contribution in [3.8, 4) is 0 Å². The van der Waals surface area contributed by atoms with Gasteiger partial charge in [0, 0.05) is 10.4 Å². The molecular formula is C12H28ClNSSi2. The Morgan fingerprint density at radius 1 is 1.00 bits per heavy atom. The number of hydrogen-bond acceptors (Lipinski definition) is 2. The topological polar surface area (TPSA) is 3.24 Å². The van der Waals surface area contributed by atoms with Crippen LogP contribution in [-0.4, -0.2) is 20.1 Å². The molecule has 0 rings (SSSR count). The van der Waals surface area contributed by atoms with Gasteiger partial charge in [-0.15, -0.1) is 0 Å². The Morgan fingerprint density at radius 2 is 1.35 bits per heavy atom. The number of halogens is 1. The van der Waals surface area contributed by atoms with E-state index in [9.17, 15) is 0 Å². The lowest BCUT2D eigenvalue weighted by Gasteiger charge is -2.44. The fraction of sp³-hybridized carbons (Fsp3) is 0.833. The van der Waals surface area contributed by atoms with Gasteiger partial charge in [0.1, 0.15) is 16.5 Å². The van der Waals surface area contributed by atoms with Gasteiger partial charge in [-0.2, -0.15) is 0 Å². The normalized spacial score (nSPS) is 15.6. The van der Waals surface area contributed by atoms with Gasteiger partial charge in [-0.1, -0.05) is 83.6 Å². The van der Waals surface area contributed by atoms with Gasteiger partial charge in [-0.05, 0) is 5.41 Å². The molecule has 0 radical (unpaired) electrons. The summed E-state index contributed by atoms with van der Waals surface area (Å²) >= 11 is 7.91. The van der Waals surface area contributed by atoms with E-state index in [0.717, 1.165) is 0 Å². The number of nitrogens with zero attached hydrogens (tertiary/aromatic N) is 1. The van der Waals surface area contributed by atoms with Crippen LogP contribution < -0.4 is 0 Å². The first-order chi connectivity index (χ1) is 7.30. The summed E-state index contributed by atoms with van der Waals surface area (Å²) in [6.07, 6.45) is 0. The SMILES string of the molecule is CC(C)(C)/C(=C\Cl)SN([Si](C)(C)C)[Si](C)(C)C. The smallest absolute Gasteiger partial charge is 0.123 e. The maximum atomic E-state index is 6.02. The van der Waals surface area contributed by atoms with E-state index in [0.29, 0.717) is 0 Å². The van der Waals surface area contributed by atoms with Crippen LogP contribution in [0.15, 0.2) is 10.4 Å². The molecule has 17 heavy (non-hydrogen) atoms. The highest BCUT2D eigenvalue weighted by Gasteiger charge is 2.37. The molecule has 0 atom stereocenters. The largest absolute Gasteiger partial charge is 0.289 e. The van der Waals surface area contributed by atoms with Crippen LogP contribution in [0.3, 0.4) is 0 Å². The summed E-state index contributed by atoms with van der Waals surface area (Å²) in [5.74, 6) is 0. The van der Waals surface area contributed by atoms with E-state index < -0.39 is 16.5 Å². The van der Waals surface area contributed by atoms with Gasteiger partial charge in [0.2, 0.25) is 0 Å². The van der Waals surface area contributed by atoms with Crippen molar-refractivity contribution in [2.75, 3.05) is 0 Å². The van der Waals surface area contributed by atoms with Crippen molar-refractivity contribution in [3.63, 3.8) is 0 Å². The van der Waals surface area contributed by atoms with Crippen molar-refractivity contribution in [2.24, 2.45) is 5.41 Å². The molecule has 0 aromatic rings. The standard InChI is InChI=1S/C12H28ClNSSi2/c1-12(2,3)11(10-13)15-14(16(4,5)6)17(7,8)9/h10H,1-9H3/b11-10+. The molecule has 5 heteroatoms. The molecule has 0 aliphatic carbocycles. The van der Waals surface area contributed by atoms with Crippen LogP contribution in [0.5, 0.6) is 0 Å². The molecule has 0 fully saturated rings. The third-order valence-electron chi connectivity index (χ3n) is 2.25. The van der Waals surface area contributed by atoms with E-state index in [1.165, 1.54) is 4.91 Å². The molecule has 0 N–H and O–H groups in total. The highest BCUT2D eigenvalue weighted by molar-refractivity contribution is 8.03. The maximum absolute atomic E-state index is 6.02. The third kappa shape index (κ3) is 5.97. The highest BCUT2D eigenvalue weighted by atomic mass is 35.5. The van der Waals surface area contributed by atoms with E-state index in [4.69, 9.17) is 11.6 Å². The van der Waals surface area contributed by atoms with Gasteiger partial charge in [-0.25, -0.2) is 0 Å². The van der Waals surface area contributed by atoms with Crippen molar-refractivity contribution in [2.45, 2.75) is 60.1 Å². The molecule has 102 valence electrons. The zero-order chi connectivity index (χ0) is 14.1. The Labute approximate surface area is 119 Å². The van der Waals surface area contributed by atoms with Gasteiger partial charge in [-0.3, -0.25) is 3.64 Å². The van der Waals surface area contributed by atoms with Crippen LogP contribution in [0.1, 0.15) is 20.8 Å². The zero-order valence-corrected chi connectivity index (χ0v) is 16.4. The molecule has 0 saturated carbocycles. The summed E-state index contributed by atoms with van der Waals surface area (Å²) in [5, 5.41) is 0. The molecular weight excluding hydrogens is 282 g/mol. The summed E-state index contributed by atoms with van der Waals surface area (Å²) in [4.78, 5) is 1.27. The van der Waals surface area contributed by atoms with Gasteiger partial charge >= 0.3 is 0 Å². The van der Waals surface area contributed by atoms with Crippen molar-refractivity contribution < 1.29 is 0 Å². The average molecular weight is 310 g/mol. The second-order valence-electron chi connectivity index (χ2n) is 7.45. The van der Waals surface area contributed by atoms with Gasteiger partial charge in [0.05, 0.1) is 0 Å². The summed E-state index contributed by atoms with van der Waals surface area (Å²) in [6.45, 7) is 21.1. The van der Waals surface area contributed by atoms with E-state index in [1.807, 2.05) is 11.9 Å². The lowest BCUT2D eigenvalue weighted by molar-refractivity contribution is 0.533.